The van der Waals surface area contributed by atoms with Gasteiger partial charge in [0.25, 0.3) is 0 Å². The van der Waals surface area contributed by atoms with Gasteiger partial charge in [-0.15, -0.1) is 0 Å². The van der Waals surface area contributed by atoms with Crippen LogP contribution in [0.1, 0.15) is 13.8 Å². The molecule has 0 spiro atoms. The molecule has 0 saturated heterocycles. The van der Waals surface area contributed by atoms with Gasteiger partial charge >= 0.3 is 5.97 Å². The summed E-state index contributed by atoms with van der Waals surface area (Å²) in [5.74, 6) is -1.87. The Hall–Kier alpha value is -0.380. The van der Waals surface area contributed by atoms with Crippen molar-refractivity contribution in [2.45, 2.75) is 13.8 Å². The highest BCUT2D eigenvalue weighted by molar-refractivity contribution is 9.11. The van der Waals surface area contributed by atoms with Crippen molar-refractivity contribution in [1.82, 2.24) is 0 Å². The molecular formula is C6H8BrFO2. The quantitative estimate of drug-likeness (QED) is 0.760. The highest BCUT2D eigenvalue weighted by Gasteiger charge is 2.32. The Kier molecular flexibility index (Phi) is 3.02. The van der Waals surface area contributed by atoms with Crippen molar-refractivity contribution < 1.29 is 14.3 Å². The lowest BCUT2D eigenvalue weighted by atomic mass is 9.93. The van der Waals surface area contributed by atoms with Crippen LogP contribution >= 0.6 is 15.9 Å². The summed E-state index contributed by atoms with van der Waals surface area (Å²) in [5.41, 5.74) is -1.43. The van der Waals surface area contributed by atoms with Crippen molar-refractivity contribution >= 4 is 21.9 Å². The maximum Gasteiger partial charge on any atom is 0.315 e. The molecule has 0 amide bonds. The van der Waals surface area contributed by atoms with Gasteiger partial charge in [0.2, 0.25) is 0 Å². The first-order chi connectivity index (χ1) is 4.42. The molecule has 0 aliphatic heterocycles. The molecule has 0 saturated carbocycles. The van der Waals surface area contributed by atoms with E-state index in [1.54, 1.807) is 0 Å². The van der Waals surface area contributed by atoms with Gasteiger partial charge in [-0.05, 0) is 13.8 Å². The maximum absolute atomic E-state index is 12.6. The smallest absolute Gasteiger partial charge is 0.315 e. The fourth-order valence-corrected chi connectivity index (χ4v) is 0.811. The lowest BCUT2D eigenvalue weighted by molar-refractivity contribution is -0.145. The number of hydrogen-bond acceptors (Lipinski definition) is 1. The van der Waals surface area contributed by atoms with Crippen molar-refractivity contribution in [2.75, 3.05) is 0 Å². The molecule has 4 heteroatoms. The van der Waals surface area contributed by atoms with Crippen molar-refractivity contribution in [3.63, 3.8) is 0 Å². The van der Waals surface area contributed by atoms with E-state index < -0.39 is 17.2 Å². The molecule has 58 valence electrons. The lowest BCUT2D eigenvalue weighted by Gasteiger charge is -2.15. The van der Waals surface area contributed by atoms with E-state index in [9.17, 15) is 9.18 Å². The first-order valence-corrected chi connectivity index (χ1v) is 3.54. The van der Waals surface area contributed by atoms with Gasteiger partial charge in [0.1, 0.15) is 11.2 Å². The zero-order chi connectivity index (χ0) is 8.36. The molecule has 0 aromatic rings. The zero-order valence-electron chi connectivity index (χ0n) is 5.69. The topological polar surface area (TPSA) is 37.3 Å². The number of carbonyl (C=O) groups is 1. The number of rotatable bonds is 2. The summed E-state index contributed by atoms with van der Waals surface area (Å²) in [5, 5.41) is 8.44. The summed E-state index contributed by atoms with van der Waals surface area (Å²) < 4.78 is 12.6. The van der Waals surface area contributed by atoms with Crippen LogP contribution in [0.3, 0.4) is 0 Å². The van der Waals surface area contributed by atoms with Crippen LogP contribution in [0.15, 0.2) is 10.8 Å². The van der Waals surface area contributed by atoms with Gasteiger partial charge in [-0.1, -0.05) is 15.9 Å². The molecular weight excluding hydrogens is 203 g/mol. The van der Waals surface area contributed by atoms with Crippen molar-refractivity contribution in [2.24, 2.45) is 5.41 Å². The molecule has 0 radical (unpaired) electrons. The van der Waals surface area contributed by atoms with Crippen LogP contribution in [-0.4, -0.2) is 11.1 Å². The minimum absolute atomic E-state index is 0.694. The fraction of sp³-hybridized carbons (Fsp3) is 0.500. The van der Waals surface area contributed by atoms with E-state index in [0.717, 1.165) is 4.99 Å². The third kappa shape index (κ3) is 1.80. The van der Waals surface area contributed by atoms with Crippen LogP contribution in [0.5, 0.6) is 0 Å². The molecule has 0 aromatic heterocycles. The summed E-state index contributed by atoms with van der Waals surface area (Å²) in [7, 11) is 0. The van der Waals surface area contributed by atoms with Crippen molar-refractivity contribution in [1.29, 1.82) is 0 Å². The molecule has 0 rings (SSSR count). The van der Waals surface area contributed by atoms with E-state index in [-0.39, 0.29) is 0 Å². The van der Waals surface area contributed by atoms with Gasteiger partial charge in [-0.25, -0.2) is 4.39 Å². The van der Waals surface area contributed by atoms with E-state index in [1.165, 1.54) is 13.8 Å². The van der Waals surface area contributed by atoms with E-state index in [4.69, 9.17) is 5.11 Å². The molecule has 0 heterocycles. The normalized spacial score (nSPS) is 13.4. The van der Waals surface area contributed by atoms with E-state index >= 15 is 0 Å². The SMILES string of the molecule is CC(C)(C(=O)O)C(F)=CBr. The Labute approximate surface area is 66.9 Å². The Morgan fingerprint density at radius 1 is 1.70 bits per heavy atom. The number of halogens is 2. The molecule has 0 atom stereocenters. The fourth-order valence-electron chi connectivity index (χ4n) is 0.239. The zero-order valence-corrected chi connectivity index (χ0v) is 7.27. The van der Waals surface area contributed by atoms with Gasteiger partial charge in [0, 0.05) is 4.99 Å². The Bertz CT molecular complexity index is 175. The molecule has 0 aromatic carbocycles. The summed E-state index contributed by atoms with van der Waals surface area (Å²) >= 11 is 2.72. The molecule has 0 aliphatic rings. The average molecular weight is 211 g/mol. The maximum atomic E-state index is 12.6. The third-order valence-electron chi connectivity index (χ3n) is 1.23. The van der Waals surface area contributed by atoms with Gasteiger partial charge in [0.15, 0.2) is 0 Å². The number of carboxylic acid groups (broad SMARTS) is 1. The van der Waals surface area contributed by atoms with Gasteiger partial charge in [-0.2, -0.15) is 0 Å². The largest absolute Gasteiger partial charge is 0.481 e. The molecule has 0 fully saturated rings. The first-order valence-electron chi connectivity index (χ1n) is 2.62. The Morgan fingerprint density at radius 2 is 2.10 bits per heavy atom. The summed E-state index contributed by atoms with van der Waals surface area (Å²) in [4.78, 5) is 11.3. The molecule has 1 N–H and O–H groups in total. The van der Waals surface area contributed by atoms with Gasteiger partial charge in [0.05, 0.1) is 0 Å². The van der Waals surface area contributed by atoms with Crippen LogP contribution in [-0.2, 0) is 4.79 Å². The van der Waals surface area contributed by atoms with Gasteiger partial charge < -0.3 is 5.11 Å². The molecule has 0 unspecified atom stereocenters. The standard InChI is InChI=1S/C6H8BrFO2/c1-6(2,5(9)10)4(8)3-7/h3H,1-2H3,(H,9,10). The summed E-state index contributed by atoms with van der Waals surface area (Å²) in [6.45, 7) is 2.59. The van der Waals surface area contributed by atoms with Crippen LogP contribution in [0, 0.1) is 5.41 Å². The van der Waals surface area contributed by atoms with Crippen molar-refractivity contribution in [3.8, 4) is 0 Å². The predicted octanol–water partition coefficient (Wildman–Crippen LogP) is 2.30. The van der Waals surface area contributed by atoms with E-state index in [0.29, 0.717) is 0 Å². The van der Waals surface area contributed by atoms with E-state index in [1.807, 2.05) is 0 Å². The third-order valence-corrected chi connectivity index (χ3v) is 1.63. The first kappa shape index (κ1) is 9.62. The monoisotopic (exact) mass is 210 g/mol. The van der Waals surface area contributed by atoms with Crippen LogP contribution < -0.4 is 0 Å². The second-order valence-electron chi connectivity index (χ2n) is 2.39. The second-order valence-corrected chi connectivity index (χ2v) is 2.85. The minimum atomic E-state index is -1.43. The minimum Gasteiger partial charge on any atom is -0.481 e. The predicted molar refractivity (Wildman–Crippen MR) is 39.5 cm³/mol. The number of carboxylic acids is 1. The summed E-state index contributed by atoms with van der Waals surface area (Å²) in [6, 6.07) is 0. The highest BCUT2D eigenvalue weighted by Crippen LogP contribution is 2.28. The lowest BCUT2D eigenvalue weighted by Crippen LogP contribution is -2.23. The van der Waals surface area contributed by atoms with Crippen LogP contribution in [0.25, 0.3) is 0 Å². The molecule has 10 heavy (non-hydrogen) atoms. The number of aliphatic carboxylic acids is 1. The van der Waals surface area contributed by atoms with E-state index in [2.05, 4.69) is 15.9 Å². The summed E-state index contributed by atoms with van der Waals surface area (Å²) in [6.07, 6.45) is 0. The Balaban J connectivity index is 4.56. The second kappa shape index (κ2) is 3.14. The van der Waals surface area contributed by atoms with Crippen LogP contribution in [0.4, 0.5) is 4.39 Å². The van der Waals surface area contributed by atoms with Gasteiger partial charge in [-0.3, -0.25) is 4.79 Å². The molecule has 2 nitrogen and oxygen atoms in total. The number of hydrogen-bond donors (Lipinski definition) is 1. The Morgan fingerprint density at radius 3 is 2.20 bits per heavy atom. The average Bonchev–Trinajstić information content (AvgIpc) is 1.86. The van der Waals surface area contributed by atoms with Crippen LogP contribution in [0.2, 0.25) is 0 Å². The highest BCUT2D eigenvalue weighted by atomic mass is 79.9. The van der Waals surface area contributed by atoms with Crippen molar-refractivity contribution in [3.05, 3.63) is 10.8 Å². The molecule has 0 aliphatic carbocycles. The molecule has 0 bridgehead atoms.